The Morgan fingerprint density at radius 1 is 0.951 bits per heavy atom. The van der Waals surface area contributed by atoms with Crippen molar-refractivity contribution in [3.05, 3.63) is 82.2 Å². The van der Waals surface area contributed by atoms with Gasteiger partial charge in [0.05, 0.1) is 28.0 Å². The minimum Gasteiger partial charge on any atom is -0.462 e. The number of carbonyl (C=O) groups excluding carboxylic acids is 3. The fourth-order valence-corrected chi connectivity index (χ4v) is 7.52. The summed E-state index contributed by atoms with van der Waals surface area (Å²) in [6.45, 7) is 3.53. The van der Waals surface area contributed by atoms with Gasteiger partial charge in [0.2, 0.25) is 0 Å². The third-order valence-electron chi connectivity index (χ3n) is 7.19. The fraction of sp³-hybridized carbons (Fsp3) is 0.250. The van der Waals surface area contributed by atoms with Crippen molar-refractivity contribution < 1.29 is 23.9 Å². The Morgan fingerprint density at radius 2 is 1.73 bits per heavy atom. The van der Waals surface area contributed by atoms with Crippen LogP contribution in [0, 0.1) is 0 Å². The normalized spacial score (nSPS) is 13.5. The predicted octanol–water partition coefficient (Wildman–Crippen LogP) is 7.42. The molecule has 6 rings (SSSR count). The van der Waals surface area contributed by atoms with Gasteiger partial charge in [0.15, 0.2) is 6.10 Å². The number of amides is 1. The molecule has 2 aromatic heterocycles. The Labute approximate surface area is 245 Å². The molecule has 208 valence electrons. The molecule has 0 spiro atoms. The Bertz CT molecular complexity index is 1770. The van der Waals surface area contributed by atoms with Crippen LogP contribution < -0.4 is 5.32 Å². The van der Waals surface area contributed by atoms with Crippen LogP contribution in [0.4, 0.5) is 5.00 Å². The van der Waals surface area contributed by atoms with Gasteiger partial charge in [0.25, 0.3) is 5.91 Å². The minimum absolute atomic E-state index is 0.245. The second-order valence-corrected chi connectivity index (χ2v) is 12.0. The Hall–Kier alpha value is -4.08. The van der Waals surface area contributed by atoms with E-state index in [4.69, 9.17) is 14.5 Å². The van der Waals surface area contributed by atoms with Crippen LogP contribution in [-0.4, -0.2) is 35.5 Å². The number of esters is 2. The third kappa shape index (κ3) is 5.23. The number of para-hydroxylation sites is 1. The molecule has 7 nitrogen and oxygen atoms in total. The van der Waals surface area contributed by atoms with Gasteiger partial charge in [-0.25, -0.2) is 14.6 Å². The summed E-state index contributed by atoms with van der Waals surface area (Å²) in [5.41, 5.74) is 3.46. The Balaban J connectivity index is 1.27. The largest absolute Gasteiger partial charge is 0.462 e. The highest BCUT2D eigenvalue weighted by atomic mass is 32.1. The van der Waals surface area contributed by atoms with Crippen LogP contribution in [-0.2, 0) is 27.1 Å². The molecule has 0 bridgehead atoms. The van der Waals surface area contributed by atoms with Crippen molar-refractivity contribution in [2.75, 3.05) is 11.9 Å². The average Bonchev–Trinajstić information content (AvgIpc) is 3.58. The molecule has 1 N–H and O–H groups in total. The van der Waals surface area contributed by atoms with Gasteiger partial charge >= 0.3 is 11.9 Å². The van der Waals surface area contributed by atoms with Crippen molar-refractivity contribution >= 4 is 66.5 Å². The second kappa shape index (κ2) is 11.4. The predicted molar refractivity (Wildman–Crippen MR) is 163 cm³/mol. The lowest BCUT2D eigenvalue weighted by molar-refractivity contribution is -0.123. The number of nitrogens with one attached hydrogen (secondary N) is 1. The van der Waals surface area contributed by atoms with Gasteiger partial charge in [-0.15, -0.1) is 22.7 Å². The van der Waals surface area contributed by atoms with Crippen molar-refractivity contribution in [1.82, 2.24) is 4.98 Å². The first-order chi connectivity index (χ1) is 19.9. The lowest BCUT2D eigenvalue weighted by atomic mass is 9.95. The maximum Gasteiger partial charge on any atom is 0.341 e. The highest BCUT2D eigenvalue weighted by Crippen LogP contribution is 2.39. The topological polar surface area (TPSA) is 94.6 Å². The van der Waals surface area contributed by atoms with Gasteiger partial charge in [-0.05, 0) is 68.7 Å². The number of ether oxygens (including phenoxy) is 2. The maximum atomic E-state index is 13.5. The summed E-state index contributed by atoms with van der Waals surface area (Å²) in [5, 5.41) is 5.69. The van der Waals surface area contributed by atoms with Gasteiger partial charge in [-0.3, -0.25) is 4.79 Å². The van der Waals surface area contributed by atoms with E-state index in [1.165, 1.54) is 18.3 Å². The fourth-order valence-electron chi connectivity index (χ4n) is 5.24. The molecular weight excluding hydrogens is 556 g/mol. The molecule has 1 amide bonds. The Morgan fingerprint density at radius 3 is 2.54 bits per heavy atom. The van der Waals surface area contributed by atoms with E-state index in [0.29, 0.717) is 16.1 Å². The number of benzene rings is 3. The van der Waals surface area contributed by atoms with Crippen LogP contribution >= 0.6 is 22.7 Å². The van der Waals surface area contributed by atoms with Crippen molar-refractivity contribution in [3.63, 3.8) is 0 Å². The highest BCUT2D eigenvalue weighted by Gasteiger charge is 2.29. The molecule has 5 aromatic rings. The minimum atomic E-state index is -1.10. The van der Waals surface area contributed by atoms with E-state index in [1.54, 1.807) is 30.4 Å². The van der Waals surface area contributed by atoms with E-state index in [9.17, 15) is 14.4 Å². The van der Waals surface area contributed by atoms with Crippen LogP contribution in [0.5, 0.6) is 0 Å². The summed E-state index contributed by atoms with van der Waals surface area (Å²) in [4.78, 5) is 45.4. The molecule has 1 aliphatic carbocycles. The van der Waals surface area contributed by atoms with Crippen molar-refractivity contribution in [1.29, 1.82) is 0 Å². The quantitative estimate of drug-likeness (QED) is 0.200. The second-order valence-electron chi connectivity index (χ2n) is 9.87. The number of aromatic nitrogens is 1. The molecule has 1 aliphatic rings. The summed E-state index contributed by atoms with van der Waals surface area (Å²) in [7, 11) is 0. The number of anilines is 1. The monoisotopic (exact) mass is 584 g/mol. The van der Waals surface area contributed by atoms with Crippen LogP contribution in [0.1, 0.15) is 57.8 Å². The van der Waals surface area contributed by atoms with Crippen molar-refractivity contribution in [2.45, 2.75) is 45.6 Å². The summed E-state index contributed by atoms with van der Waals surface area (Å²) in [6, 6.07) is 19.2. The van der Waals surface area contributed by atoms with E-state index in [1.807, 2.05) is 48.5 Å². The molecule has 0 saturated heterocycles. The molecule has 0 aliphatic heterocycles. The molecule has 41 heavy (non-hydrogen) atoms. The molecule has 0 radical (unpaired) electrons. The number of thiophene rings is 1. The zero-order valence-corrected chi connectivity index (χ0v) is 24.3. The molecule has 0 saturated carbocycles. The first-order valence-corrected chi connectivity index (χ1v) is 15.3. The SMILES string of the molecule is CCOC(=O)c1c(NC(=O)C(C)OC(=O)c2cccc3cccc(-c4nc5ccccc5s4)c23)sc2c1CCCC2. The van der Waals surface area contributed by atoms with Crippen LogP contribution in [0.25, 0.3) is 31.6 Å². The van der Waals surface area contributed by atoms with Gasteiger partial charge in [0.1, 0.15) is 10.0 Å². The molecular formula is C32H28N2O5S2. The van der Waals surface area contributed by atoms with Crippen molar-refractivity contribution in [2.24, 2.45) is 0 Å². The summed E-state index contributed by atoms with van der Waals surface area (Å²) in [5.74, 6) is -1.55. The summed E-state index contributed by atoms with van der Waals surface area (Å²) in [6.07, 6.45) is 2.58. The van der Waals surface area contributed by atoms with Gasteiger partial charge < -0.3 is 14.8 Å². The third-order valence-corrected chi connectivity index (χ3v) is 9.47. The number of rotatable bonds is 7. The van der Waals surface area contributed by atoms with Crippen molar-refractivity contribution in [3.8, 4) is 10.6 Å². The average molecular weight is 585 g/mol. The van der Waals surface area contributed by atoms with Gasteiger partial charge in [0, 0.05) is 15.8 Å². The number of nitrogens with zero attached hydrogens (tertiary/aromatic N) is 1. The first kappa shape index (κ1) is 27.1. The van der Waals surface area contributed by atoms with Crippen LogP contribution in [0.3, 0.4) is 0 Å². The van der Waals surface area contributed by atoms with E-state index >= 15 is 0 Å². The maximum absolute atomic E-state index is 13.5. The zero-order chi connectivity index (χ0) is 28.5. The molecule has 2 heterocycles. The molecule has 1 atom stereocenters. The number of hydrogen-bond donors (Lipinski definition) is 1. The van der Waals surface area contributed by atoms with Gasteiger partial charge in [-0.2, -0.15) is 0 Å². The number of hydrogen-bond acceptors (Lipinski definition) is 8. The van der Waals surface area contributed by atoms with E-state index in [-0.39, 0.29) is 6.61 Å². The zero-order valence-electron chi connectivity index (χ0n) is 22.7. The molecule has 1 unspecified atom stereocenters. The van der Waals surface area contributed by atoms with Crippen LogP contribution in [0.2, 0.25) is 0 Å². The van der Waals surface area contributed by atoms with Crippen LogP contribution in [0.15, 0.2) is 60.7 Å². The molecule has 0 fully saturated rings. The standard InChI is InChI=1S/C32H28N2O5S2/c1-3-38-32(37)27-20-12-4-6-16-24(20)40-30(27)34-28(35)18(2)39-31(36)22-14-9-11-19-10-8-13-21(26(19)22)29-33-23-15-5-7-17-25(23)41-29/h5,7-11,13-15,17-18H,3-4,6,12,16H2,1-2H3,(H,34,35). The summed E-state index contributed by atoms with van der Waals surface area (Å²) >= 11 is 2.96. The van der Waals surface area contributed by atoms with E-state index in [0.717, 1.165) is 67.7 Å². The number of carbonyl (C=O) groups is 3. The number of thiazole rings is 1. The molecule has 9 heteroatoms. The smallest absolute Gasteiger partial charge is 0.341 e. The lowest BCUT2D eigenvalue weighted by Crippen LogP contribution is -2.30. The van der Waals surface area contributed by atoms with Gasteiger partial charge in [-0.1, -0.05) is 42.5 Å². The number of fused-ring (bicyclic) bond motifs is 3. The summed E-state index contributed by atoms with van der Waals surface area (Å²) < 4.78 is 12.0. The lowest BCUT2D eigenvalue weighted by Gasteiger charge is -2.15. The Kier molecular flexibility index (Phi) is 7.55. The number of aryl methyl sites for hydroxylation is 1. The first-order valence-electron chi connectivity index (χ1n) is 13.7. The molecule has 3 aromatic carbocycles. The van der Waals surface area contributed by atoms with E-state index in [2.05, 4.69) is 5.32 Å². The highest BCUT2D eigenvalue weighted by molar-refractivity contribution is 7.21. The van der Waals surface area contributed by atoms with E-state index < -0.39 is 23.9 Å².